The third-order valence-corrected chi connectivity index (χ3v) is 8.23. The van der Waals surface area contributed by atoms with Gasteiger partial charge < -0.3 is 10.2 Å². The first-order valence-electron chi connectivity index (χ1n) is 13.8. The summed E-state index contributed by atoms with van der Waals surface area (Å²) in [4.78, 5) is 76.1. The standard InChI is InChI=1S/C33H16F6N2O8/c34-32(35,36)31(33(37,38)39,17-5-11-21-23(13-17)27(44)40(25(21)42)19-7-1-15(2-8-19)29(46)47)18-6-12-22-24(14-18)28(45)41(26(22)43)20-9-3-16(4-10-20)30(48)49/h1-14H,(H,46,47)(H,48,49). The Morgan fingerprint density at radius 3 is 1.06 bits per heavy atom. The third-order valence-electron chi connectivity index (χ3n) is 8.23. The molecule has 0 aromatic heterocycles. The van der Waals surface area contributed by atoms with Crippen LogP contribution in [0.1, 0.15) is 73.3 Å². The first-order chi connectivity index (χ1) is 22.9. The summed E-state index contributed by atoms with van der Waals surface area (Å²) in [5, 5.41) is 18.2. The maximum absolute atomic E-state index is 15.0. The van der Waals surface area contributed by atoms with Crippen LogP contribution in [0.25, 0.3) is 0 Å². The zero-order chi connectivity index (χ0) is 35.8. The second-order valence-corrected chi connectivity index (χ2v) is 10.9. The first kappa shape index (κ1) is 32.6. The number of nitrogens with zero attached hydrogens (tertiary/aromatic N) is 2. The Bertz CT molecular complexity index is 1990. The lowest BCUT2D eigenvalue weighted by atomic mass is 9.71. The number of aromatic carboxylic acids is 2. The summed E-state index contributed by atoms with van der Waals surface area (Å²) in [5.74, 6) is -7.40. The van der Waals surface area contributed by atoms with Crippen LogP contribution in [-0.2, 0) is 5.41 Å². The van der Waals surface area contributed by atoms with Gasteiger partial charge in [-0.3, -0.25) is 19.2 Å². The van der Waals surface area contributed by atoms with E-state index >= 15 is 26.3 Å². The van der Waals surface area contributed by atoms with E-state index in [4.69, 9.17) is 10.2 Å². The van der Waals surface area contributed by atoms with Crippen molar-refractivity contribution in [1.29, 1.82) is 0 Å². The molecule has 0 atom stereocenters. The van der Waals surface area contributed by atoms with Gasteiger partial charge in [-0.15, -0.1) is 0 Å². The Morgan fingerprint density at radius 1 is 0.469 bits per heavy atom. The highest BCUT2D eigenvalue weighted by Crippen LogP contribution is 2.57. The number of anilines is 2. The Hall–Kier alpha value is -6.32. The van der Waals surface area contributed by atoms with Crippen LogP contribution in [0.2, 0.25) is 0 Å². The smallest absolute Gasteiger partial charge is 0.411 e. The lowest BCUT2D eigenvalue weighted by Gasteiger charge is -2.38. The normalized spacial score (nSPS) is 14.7. The van der Waals surface area contributed by atoms with Gasteiger partial charge in [-0.05, 0) is 83.9 Å². The minimum atomic E-state index is -6.18. The van der Waals surface area contributed by atoms with Crippen molar-refractivity contribution in [1.82, 2.24) is 0 Å². The van der Waals surface area contributed by atoms with Crippen molar-refractivity contribution in [3.8, 4) is 0 Å². The lowest BCUT2D eigenvalue weighted by Crippen LogP contribution is -2.55. The van der Waals surface area contributed by atoms with Crippen LogP contribution in [0.4, 0.5) is 37.7 Å². The van der Waals surface area contributed by atoms with Crippen molar-refractivity contribution in [2.24, 2.45) is 0 Å². The summed E-state index contributed by atoms with van der Waals surface area (Å²) in [6.07, 6.45) is -12.4. The number of benzene rings is 4. The molecule has 0 spiro atoms. The number of alkyl halides is 6. The van der Waals surface area contributed by atoms with Gasteiger partial charge in [0.15, 0.2) is 0 Å². The molecule has 2 aliphatic rings. The molecule has 0 aliphatic carbocycles. The Morgan fingerprint density at radius 2 is 0.776 bits per heavy atom. The molecule has 6 rings (SSSR count). The van der Waals surface area contributed by atoms with Crippen LogP contribution in [0.5, 0.6) is 0 Å². The molecule has 16 heteroatoms. The molecule has 4 amide bonds. The maximum Gasteiger partial charge on any atom is 0.411 e. The lowest BCUT2D eigenvalue weighted by molar-refractivity contribution is -0.288. The van der Waals surface area contributed by atoms with Crippen LogP contribution >= 0.6 is 0 Å². The highest BCUT2D eigenvalue weighted by molar-refractivity contribution is 6.35. The van der Waals surface area contributed by atoms with E-state index < -0.39 is 86.7 Å². The number of rotatable bonds is 6. The fourth-order valence-electron chi connectivity index (χ4n) is 5.91. The molecule has 0 saturated carbocycles. The van der Waals surface area contributed by atoms with Gasteiger partial charge in [0.05, 0.1) is 44.8 Å². The van der Waals surface area contributed by atoms with E-state index in [0.717, 1.165) is 48.5 Å². The number of carboxylic acid groups (broad SMARTS) is 2. The fraction of sp³-hybridized carbons (Fsp3) is 0.0909. The van der Waals surface area contributed by atoms with E-state index in [2.05, 4.69) is 0 Å². The summed E-state index contributed by atoms with van der Waals surface area (Å²) in [6, 6.07) is 11.0. The molecule has 0 unspecified atom stereocenters. The third kappa shape index (κ3) is 4.74. The number of imide groups is 2. The van der Waals surface area contributed by atoms with Gasteiger partial charge >= 0.3 is 24.3 Å². The minimum Gasteiger partial charge on any atom is -0.478 e. The molecule has 0 bridgehead atoms. The van der Waals surface area contributed by atoms with Gasteiger partial charge in [-0.25, -0.2) is 19.4 Å². The van der Waals surface area contributed by atoms with Crippen LogP contribution < -0.4 is 9.80 Å². The molecule has 0 fully saturated rings. The van der Waals surface area contributed by atoms with Gasteiger partial charge in [0, 0.05) is 0 Å². The van der Waals surface area contributed by atoms with Crippen LogP contribution in [-0.4, -0.2) is 58.1 Å². The van der Waals surface area contributed by atoms with Crippen molar-refractivity contribution >= 4 is 46.9 Å². The topological polar surface area (TPSA) is 149 Å². The van der Waals surface area contributed by atoms with E-state index in [1.807, 2.05) is 0 Å². The summed E-state index contributed by atoms with van der Waals surface area (Å²) in [5.41, 5.74) is -11.4. The number of fused-ring (bicyclic) bond motifs is 2. The molecule has 2 heterocycles. The molecule has 2 aliphatic heterocycles. The first-order valence-corrected chi connectivity index (χ1v) is 13.8. The summed E-state index contributed by atoms with van der Waals surface area (Å²) in [7, 11) is 0. The van der Waals surface area contributed by atoms with Crippen molar-refractivity contribution < 1.29 is 65.3 Å². The number of hydrogen-bond acceptors (Lipinski definition) is 6. The number of carbonyl (C=O) groups excluding carboxylic acids is 4. The van der Waals surface area contributed by atoms with E-state index in [1.54, 1.807) is 0 Å². The molecular formula is C33H16F6N2O8. The molecule has 0 radical (unpaired) electrons. The monoisotopic (exact) mass is 682 g/mol. The molecule has 0 saturated heterocycles. The fourth-order valence-corrected chi connectivity index (χ4v) is 5.91. The molecule has 4 aromatic rings. The summed E-state index contributed by atoms with van der Waals surface area (Å²) in [6.45, 7) is 0. The highest BCUT2D eigenvalue weighted by Gasteiger charge is 2.73. The zero-order valence-electron chi connectivity index (χ0n) is 24.1. The van der Waals surface area contributed by atoms with Gasteiger partial charge in [0.2, 0.25) is 5.41 Å². The zero-order valence-corrected chi connectivity index (χ0v) is 24.1. The largest absolute Gasteiger partial charge is 0.478 e. The number of carbonyl (C=O) groups is 6. The average Bonchev–Trinajstić information content (AvgIpc) is 3.43. The SMILES string of the molecule is O=C(O)c1ccc(N2C(=O)c3ccc(C(c4ccc5c(c4)C(=O)N(c4ccc(C(=O)O)cc4)C5=O)(C(F)(F)F)C(F)(F)F)cc3C2=O)cc1. The van der Waals surface area contributed by atoms with Gasteiger partial charge in [0.25, 0.3) is 23.6 Å². The maximum atomic E-state index is 15.0. The van der Waals surface area contributed by atoms with Crippen molar-refractivity contribution in [2.75, 3.05) is 9.80 Å². The van der Waals surface area contributed by atoms with E-state index in [-0.39, 0.29) is 22.5 Å². The molecule has 10 nitrogen and oxygen atoms in total. The minimum absolute atomic E-state index is 0.195. The van der Waals surface area contributed by atoms with Gasteiger partial charge in [-0.2, -0.15) is 26.3 Å². The van der Waals surface area contributed by atoms with E-state index in [9.17, 15) is 28.8 Å². The predicted octanol–water partition coefficient (Wildman–Crippen LogP) is 6.09. The van der Waals surface area contributed by atoms with Gasteiger partial charge in [0.1, 0.15) is 0 Å². The molecule has 2 N–H and O–H groups in total. The number of amides is 4. The molecular weight excluding hydrogens is 666 g/mol. The van der Waals surface area contributed by atoms with E-state index in [1.165, 1.54) is 0 Å². The van der Waals surface area contributed by atoms with Crippen LogP contribution in [0.3, 0.4) is 0 Å². The predicted molar refractivity (Wildman–Crippen MR) is 155 cm³/mol. The number of halogens is 6. The van der Waals surface area contributed by atoms with Crippen molar-refractivity contribution in [3.63, 3.8) is 0 Å². The Kier molecular flexibility index (Phi) is 7.23. The van der Waals surface area contributed by atoms with Crippen LogP contribution in [0.15, 0.2) is 84.9 Å². The van der Waals surface area contributed by atoms with E-state index in [0.29, 0.717) is 46.2 Å². The molecule has 4 aromatic carbocycles. The summed E-state index contributed by atoms with van der Waals surface area (Å²) >= 11 is 0. The number of hydrogen-bond donors (Lipinski definition) is 2. The molecule has 248 valence electrons. The second kappa shape index (κ2) is 10.9. The highest BCUT2D eigenvalue weighted by atomic mass is 19.4. The van der Waals surface area contributed by atoms with Crippen molar-refractivity contribution in [3.05, 3.63) is 129 Å². The average molecular weight is 682 g/mol. The van der Waals surface area contributed by atoms with Crippen molar-refractivity contribution in [2.45, 2.75) is 17.8 Å². The Balaban J connectivity index is 1.47. The quantitative estimate of drug-likeness (QED) is 0.183. The number of carboxylic acids is 2. The molecule has 49 heavy (non-hydrogen) atoms. The Labute approximate surface area is 269 Å². The second-order valence-electron chi connectivity index (χ2n) is 10.9. The summed E-state index contributed by atoms with van der Waals surface area (Å²) < 4.78 is 90.3. The van der Waals surface area contributed by atoms with Gasteiger partial charge in [-0.1, -0.05) is 12.1 Å². The van der Waals surface area contributed by atoms with Crippen LogP contribution in [0, 0.1) is 0 Å².